The summed E-state index contributed by atoms with van der Waals surface area (Å²) >= 11 is 1.49. The minimum atomic E-state index is -0.0726. The van der Waals surface area contributed by atoms with Crippen LogP contribution in [0.4, 0.5) is 0 Å². The highest BCUT2D eigenvalue weighted by molar-refractivity contribution is 7.13. The van der Waals surface area contributed by atoms with Gasteiger partial charge in [-0.15, -0.1) is 16.4 Å². The van der Waals surface area contributed by atoms with E-state index in [1.54, 1.807) is 18.3 Å². The molecule has 0 aliphatic carbocycles. The normalized spacial score (nSPS) is 17.1. The van der Waals surface area contributed by atoms with Crippen molar-refractivity contribution in [3.8, 4) is 16.5 Å². The van der Waals surface area contributed by atoms with Crippen molar-refractivity contribution in [1.82, 2.24) is 20.1 Å². The number of carbonyl (C=O) groups excluding carboxylic acids is 1. The number of amides is 1. The third-order valence-corrected chi connectivity index (χ3v) is 5.14. The van der Waals surface area contributed by atoms with Crippen molar-refractivity contribution in [3.63, 3.8) is 0 Å². The number of hydrogen-bond donors (Lipinski definition) is 0. The molecule has 1 aliphatic heterocycles. The van der Waals surface area contributed by atoms with E-state index < -0.39 is 0 Å². The Kier molecular flexibility index (Phi) is 4.88. The molecule has 0 radical (unpaired) electrons. The Morgan fingerprint density at radius 3 is 2.88 bits per heavy atom. The zero-order valence-corrected chi connectivity index (χ0v) is 14.9. The van der Waals surface area contributed by atoms with Crippen LogP contribution in [0, 0.1) is 0 Å². The minimum Gasteiger partial charge on any atom is -0.471 e. The van der Waals surface area contributed by atoms with E-state index in [1.807, 2.05) is 40.6 Å². The summed E-state index contributed by atoms with van der Waals surface area (Å²) < 4.78 is 5.86. The van der Waals surface area contributed by atoms with Gasteiger partial charge in [-0.2, -0.15) is 5.10 Å². The largest absolute Gasteiger partial charge is 0.471 e. The van der Waals surface area contributed by atoms with Crippen molar-refractivity contribution in [3.05, 3.63) is 59.7 Å². The van der Waals surface area contributed by atoms with Crippen molar-refractivity contribution in [2.75, 3.05) is 13.1 Å². The number of hydrogen-bond acceptors (Lipinski definition) is 6. The molecule has 26 heavy (non-hydrogen) atoms. The summed E-state index contributed by atoms with van der Waals surface area (Å²) in [5.41, 5.74) is 1.52. The summed E-state index contributed by atoms with van der Waals surface area (Å²) in [5, 5.41) is 10.5. The van der Waals surface area contributed by atoms with Gasteiger partial charge < -0.3 is 9.64 Å². The molecule has 1 amide bonds. The molecule has 0 N–H and O–H groups in total. The van der Waals surface area contributed by atoms with Crippen molar-refractivity contribution < 1.29 is 9.53 Å². The van der Waals surface area contributed by atoms with Gasteiger partial charge >= 0.3 is 0 Å². The number of likely N-dealkylation sites (tertiary alicyclic amines) is 1. The molecule has 1 atom stereocenters. The van der Waals surface area contributed by atoms with Gasteiger partial charge in [0.1, 0.15) is 16.8 Å². The lowest BCUT2D eigenvalue weighted by Gasteiger charge is -2.32. The predicted molar refractivity (Wildman–Crippen MR) is 99.1 cm³/mol. The van der Waals surface area contributed by atoms with Crippen LogP contribution in [-0.2, 0) is 0 Å². The zero-order valence-electron chi connectivity index (χ0n) is 14.1. The lowest BCUT2D eigenvalue weighted by Crippen LogP contribution is -2.44. The molecule has 1 aliphatic rings. The Morgan fingerprint density at radius 1 is 1.19 bits per heavy atom. The van der Waals surface area contributed by atoms with Gasteiger partial charge in [0.05, 0.1) is 6.54 Å². The summed E-state index contributed by atoms with van der Waals surface area (Å²) in [6.07, 6.45) is 3.33. The first-order chi connectivity index (χ1) is 12.8. The fourth-order valence-electron chi connectivity index (χ4n) is 2.99. The zero-order chi connectivity index (χ0) is 17.8. The van der Waals surface area contributed by atoms with Crippen LogP contribution in [0.25, 0.3) is 10.6 Å². The van der Waals surface area contributed by atoms with E-state index in [0.717, 1.165) is 30.0 Å². The van der Waals surface area contributed by atoms with Crippen LogP contribution in [-0.4, -0.2) is 45.2 Å². The summed E-state index contributed by atoms with van der Waals surface area (Å²) in [4.78, 5) is 19.2. The summed E-state index contributed by atoms with van der Waals surface area (Å²) in [6, 6.07) is 13.5. The van der Waals surface area contributed by atoms with Gasteiger partial charge in [0.15, 0.2) is 0 Å². The maximum atomic E-state index is 12.8. The lowest BCUT2D eigenvalue weighted by atomic mass is 10.1. The standard InChI is InChI=1S/C19H18N4O2S/c24-19(16-13-26-18(21-16)14-6-2-1-3-7-14)23-11-5-8-15(12-23)25-17-9-4-10-20-22-17/h1-4,6-7,9-10,13,15H,5,8,11-12H2. The van der Waals surface area contributed by atoms with Gasteiger partial charge in [0, 0.05) is 29.8 Å². The molecule has 132 valence electrons. The topological polar surface area (TPSA) is 68.2 Å². The third-order valence-electron chi connectivity index (χ3n) is 4.24. The van der Waals surface area contributed by atoms with Gasteiger partial charge in [-0.3, -0.25) is 4.79 Å². The Morgan fingerprint density at radius 2 is 2.08 bits per heavy atom. The van der Waals surface area contributed by atoms with E-state index >= 15 is 0 Å². The molecule has 0 spiro atoms. The van der Waals surface area contributed by atoms with Crippen molar-refractivity contribution in [1.29, 1.82) is 0 Å². The van der Waals surface area contributed by atoms with Crippen LogP contribution in [0.5, 0.6) is 5.88 Å². The molecule has 2 aromatic heterocycles. The second-order valence-electron chi connectivity index (χ2n) is 6.10. The van der Waals surface area contributed by atoms with Crippen LogP contribution < -0.4 is 4.74 Å². The maximum Gasteiger partial charge on any atom is 0.273 e. The molecule has 0 bridgehead atoms. The monoisotopic (exact) mass is 366 g/mol. The quantitative estimate of drug-likeness (QED) is 0.709. The molecule has 0 saturated carbocycles. The number of rotatable bonds is 4. The van der Waals surface area contributed by atoms with E-state index in [2.05, 4.69) is 15.2 Å². The molecule has 6 nitrogen and oxygen atoms in total. The average Bonchev–Trinajstić information content (AvgIpc) is 3.19. The Balaban J connectivity index is 1.44. The number of nitrogens with zero attached hydrogens (tertiary/aromatic N) is 4. The average molecular weight is 366 g/mol. The number of thiazole rings is 1. The number of ether oxygens (including phenoxy) is 1. The van der Waals surface area contributed by atoms with Gasteiger partial charge in [0.25, 0.3) is 5.91 Å². The number of carbonyl (C=O) groups is 1. The molecule has 7 heteroatoms. The molecular formula is C19H18N4O2S. The van der Waals surface area contributed by atoms with E-state index in [4.69, 9.17) is 4.74 Å². The predicted octanol–water partition coefficient (Wildman–Crippen LogP) is 3.28. The fourth-order valence-corrected chi connectivity index (χ4v) is 3.79. The van der Waals surface area contributed by atoms with Crippen LogP contribution in [0.1, 0.15) is 23.3 Å². The first kappa shape index (κ1) is 16.7. The molecule has 3 heterocycles. The van der Waals surface area contributed by atoms with Crippen LogP contribution in [0.3, 0.4) is 0 Å². The smallest absolute Gasteiger partial charge is 0.273 e. The number of benzene rings is 1. The number of aromatic nitrogens is 3. The van der Waals surface area contributed by atoms with Gasteiger partial charge in [-0.1, -0.05) is 30.3 Å². The summed E-state index contributed by atoms with van der Waals surface area (Å²) in [5.74, 6) is 0.447. The van der Waals surface area contributed by atoms with E-state index in [0.29, 0.717) is 18.1 Å². The van der Waals surface area contributed by atoms with Crippen LogP contribution >= 0.6 is 11.3 Å². The van der Waals surface area contributed by atoms with E-state index in [-0.39, 0.29) is 12.0 Å². The molecule has 1 fully saturated rings. The summed E-state index contributed by atoms with van der Waals surface area (Å²) in [7, 11) is 0. The van der Waals surface area contributed by atoms with Gasteiger partial charge in [0.2, 0.25) is 5.88 Å². The van der Waals surface area contributed by atoms with Gasteiger partial charge in [-0.05, 0) is 18.9 Å². The van der Waals surface area contributed by atoms with Crippen LogP contribution in [0.2, 0.25) is 0 Å². The molecular weight excluding hydrogens is 348 g/mol. The Bertz CT molecular complexity index is 870. The SMILES string of the molecule is O=C(c1csc(-c2ccccc2)n1)N1CCCC(Oc2cccnn2)C1. The molecule has 1 aromatic carbocycles. The van der Waals surface area contributed by atoms with E-state index in [9.17, 15) is 4.79 Å². The first-order valence-electron chi connectivity index (χ1n) is 8.54. The number of piperidine rings is 1. The third kappa shape index (κ3) is 3.72. The lowest BCUT2D eigenvalue weighted by molar-refractivity contribution is 0.0521. The fraction of sp³-hybridized carbons (Fsp3) is 0.263. The minimum absolute atomic E-state index is 0.0455. The first-order valence-corrected chi connectivity index (χ1v) is 9.42. The summed E-state index contributed by atoms with van der Waals surface area (Å²) in [6.45, 7) is 1.25. The van der Waals surface area contributed by atoms with Gasteiger partial charge in [-0.25, -0.2) is 4.98 Å². The van der Waals surface area contributed by atoms with Crippen LogP contribution in [0.15, 0.2) is 54.0 Å². The molecule has 3 aromatic rings. The molecule has 4 rings (SSSR count). The second-order valence-corrected chi connectivity index (χ2v) is 6.96. The van der Waals surface area contributed by atoms with E-state index in [1.165, 1.54) is 11.3 Å². The Hall–Kier alpha value is -2.80. The highest BCUT2D eigenvalue weighted by Crippen LogP contribution is 2.25. The maximum absolute atomic E-state index is 12.8. The van der Waals surface area contributed by atoms with Crippen molar-refractivity contribution in [2.45, 2.75) is 18.9 Å². The molecule has 1 unspecified atom stereocenters. The molecule has 1 saturated heterocycles. The Labute approximate surface area is 155 Å². The highest BCUT2D eigenvalue weighted by atomic mass is 32.1. The van der Waals surface area contributed by atoms with Crippen molar-refractivity contribution >= 4 is 17.2 Å². The second kappa shape index (κ2) is 7.61. The highest BCUT2D eigenvalue weighted by Gasteiger charge is 2.27. The van der Waals surface area contributed by atoms with Crippen molar-refractivity contribution in [2.24, 2.45) is 0 Å².